The second-order valence-electron chi connectivity index (χ2n) is 3.42. The van der Waals surface area contributed by atoms with E-state index in [4.69, 9.17) is 9.15 Å². The second kappa shape index (κ2) is 3.79. The number of hydrogen-bond acceptors (Lipinski definition) is 4. The van der Waals surface area contributed by atoms with Gasteiger partial charge in [-0.1, -0.05) is 12.1 Å². The van der Waals surface area contributed by atoms with Crippen LogP contribution in [0.5, 0.6) is 12.0 Å². The minimum absolute atomic E-state index is 0.0730. The molecule has 3 aromatic rings. The molecule has 5 nitrogen and oxygen atoms in total. The lowest BCUT2D eigenvalue weighted by Crippen LogP contribution is -2.02. The van der Waals surface area contributed by atoms with Crippen LogP contribution >= 0.6 is 0 Å². The first-order valence-electron chi connectivity index (χ1n) is 5.04. The highest BCUT2D eigenvalue weighted by Crippen LogP contribution is 2.17. The van der Waals surface area contributed by atoms with E-state index in [1.165, 1.54) is 0 Å². The number of aromatic amines is 1. The third-order valence-electron chi connectivity index (χ3n) is 2.28. The lowest BCUT2D eigenvalue weighted by atomic mass is 10.2. The van der Waals surface area contributed by atoms with Gasteiger partial charge in [-0.3, -0.25) is 0 Å². The molecule has 84 valence electrons. The Kier molecular flexibility index (Phi) is 2.15. The summed E-state index contributed by atoms with van der Waals surface area (Å²) < 4.78 is 10.2. The Balaban J connectivity index is 2.10. The van der Waals surface area contributed by atoms with E-state index < -0.39 is 5.63 Å². The molecule has 0 radical (unpaired) electrons. The van der Waals surface area contributed by atoms with Crippen molar-refractivity contribution in [1.29, 1.82) is 0 Å². The smallest absolute Gasteiger partial charge is 0.394 e. The predicted octanol–water partition coefficient (Wildman–Crippen LogP) is 2.31. The Hall–Kier alpha value is -2.56. The Labute approximate surface area is 95.7 Å². The van der Waals surface area contributed by atoms with Crippen LogP contribution in [0.3, 0.4) is 0 Å². The molecule has 0 unspecified atom stereocenters. The lowest BCUT2D eigenvalue weighted by molar-refractivity contribution is 0.300. The number of para-hydroxylation sites is 1. The highest BCUT2D eigenvalue weighted by atomic mass is 16.6. The van der Waals surface area contributed by atoms with E-state index in [2.05, 4.69) is 9.97 Å². The average Bonchev–Trinajstić information content (AvgIpc) is 2.82. The van der Waals surface area contributed by atoms with Gasteiger partial charge in [-0.05, 0) is 18.2 Å². The van der Waals surface area contributed by atoms with Gasteiger partial charge in [-0.25, -0.2) is 4.79 Å². The lowest BCUT2D eigenvalue weighted by Gasteiger charge is -2.00. The van der Waals surface area contributed by atoms with Crippen molar-refractivity contribution in [2.24, 2.45) is 0 Å². The number of nitrogens with one attached hydrogen (secondary N) is 1. The molecule has 0 fully saturated rings. The van der Waals surface area contributed by atoms with Crippen LogP contribution in [0.15, 0.2) is 51.8 Å². The van der Waals surface area contributed by atoms with Crippen molar-refractivity contribution in [1.82, 2.24) is 9.97 Å². The standard InChI is InChI=1S/C12H8N2O3/c15-11-8-4-1-2-5-9(8)14-12(17-11)16-10-6-3-7-13-10/h1-7,13H. The quantitative estimate of drug-likeness (QED) is 0.730. The highest BCUT2D eigenvalue weighted by molar-refractivity contribution is 5.76. The number of rotatable bonds is 2. The predicted molar refractivity (Wildman–Crippen MR) is 61.1 cm³/mol. The third-order valence-corrected chi connectivity index (χ3v) is 2.28. The van der Waals surface area contributed by atoms with Crippen LogP contribution in [0.2, 0.25) is 0 Å². The van der Waals surface area contributed by atoms with E-state index >= 15 is 0 Å². The Morgan fingerprint density at radius 1 is 1.18 bits per heavy atom. The topological polar surface area (TPSA) is 68.1 Å². The largest absolute Gasteiger partial charge is 0.403 e. The van der Waals surface area contributed by atoms with Crippen molar-refractivity contribution >= 4 is 10.9 Å². The minimum Gasteiger partial charge on any atom is -0.394 e. The molecule has 0 bridgehead atoms. The first kappa shape index (κ1) is 9.65. The van der Waals surface area contributed by atoms with Crippen molar-refractivity contribution in [3.8, 4) is 12.0 Å². The van der Waals surface area contributed by atoms with Crippen LogP contribution in [0, 0.1) is 0 Å². The number of nitrogens with zero attached hydrogens (tertiary/aromatic N) is 1. The Bertz CT molecular complexity index is 701. The summed E-state index contributed by atoms with van der Waals surface area (Å²) in [6, 6.07) is 10.4. The van der Waals surface area contributed by atoms with Gasteiger partial charge in [0.25, 0.3) is 0 Å². The molecule has 2 heterocycles. The summed E-state index contributed by atoms with van der Waals surface area (Å²) >= 11 is 0. The zero-order valence-corrected chi connectivity index (χ0v) is 8.71. The summed E-state index contributed by atoms with van der Waals surface area (Å²) in [6.45, 7) is 0. The summed E-state index contributed by atoms with van der Waals surface area (Å²) in [5, 5.41) is 0.436. The summed E-state index contributed by atoms with van der Waals surface area (Å²) in [7, 11) is 0. The summed E-state index contributed by atoms with van der Waals surface area (Å²) in [6.07, 6.45) is 1.63. The molecule has 0 amide bonds. The van der Waals surface area contributed by atoms with Crippen LogP contribution < -0.4 is 10.4 Å². The average molecular weight is 228 g/mol. The summed E-state index contributed by atoms with van der Waals surface area (Å²) in [5.41, 5.74) is 0.0856. The maximum Gasteiger partial charge on any atom is 0.403 e. The first-order valence-corrected chi connectivity index (χ1v) is 5.04. The molecule has 1 N–H and O–H groups in total. The van der Waals surface area contributed by atoms with E-state index in [1.807, 2.05) is 0 Å². The molecule has 1 aromatic carbocycles. The molecule has 0 spiro atoms. The molecule has 0 atom stereocenters. The molecule has 0 saturated heterocycles. The van der Waals surface area contributed by atoms with Gasteiger partial charge in [0.1, 0.15) is 0 Å². The SMILES string of the molecule is O=c1oc(Oc2ccc[nH]2)nc2ccccc12. The maximum absolute atomic E-state index is 11.6. The van der Waals surface area contributed by atoms with Gasteiger partial charge in [-0.2, -0.15) is 4.98 Å². The molecule has 0 aliphatic heterocycles. The number of H-pyrrole nitrogens is 1. The molecule has 5 heteroatoms. The van der Waals surface area contributed by atoms with E-state index in [-0.39, 0.29) is 6.08 Å². The number of hydrogen-bond donors (Lipinski definition) is 1. The van der Waals surface area contributed by atoms with Crippen LogP contribution in [0.1, 0.15) is 0 Å². The van der Waals surface area contributed by atoms with Crippen LogP contribution in [-0.2, 0) is 0 Å². The van der Waals surface area contributed by atoms with Crippen molar-refractivity contribution in [2.45, 2.75) is 0 Å². The highest BCUT2D eigenvalue weighted by Gasteiger charge is 2.07. The first-order chi connectivity index (χ1) is 8.33. The number of aromatic nitrogens is 2. The Morgan fingerprint density at radius 2 is 2.06 bits per heavy atom. The molecular weight excluding hydrogens is 220 g/mol. The second-order valence-corrected chi connectivity index (χ2v) is 3.42. The van der Waals surface area contributed by atoms with Crippen LogP contribution in [0.25, 0.3) is 10.9 Å². The van der Waals surface area contributed by atoms with Crippen molar-refractivity contribution < 1.29 is 9.15 Å². The molecule has 0 aliphatic rings. The molecular formula is C12H8N2O3. The van der Waals surface area contributed by atoms with Gasteiger partial charge < -0.3 is 14.1 Å². The number of benzene rings is 1. The maximum atomic E-state index is 11.6. The summed E-state index contributed by atoms with van der Waals surface area (Å²) in [4.78, 5) is 18.6. The van der Waals surface area contributed by atoms with E-state index in [1.54, 1.807) is 42.6 Å². The zero-order chi connectivity index (χ0) is 11.7. The third kappa shape index (κ3) is 1.78. The molecule has 3 rings (SSSR count). The number of ether oxygens (including phenoxy) is 1. The van der Waals surface area contributed by atoms with Gasteiger partial charge in [0.05, 0.1) is 10.9 Å². The minimum atomic E-state index is -0.461. The number of fused-ring (bicyclic) bond motifs is 1. The zero-order valence-electron chi connectivity index (χ0n) is 8.71. The molecule has 2 aromatic heterocycles. The fourth-order valence-corrected chi connectivity index (χ4v) is 1.51. The van der Waals surface area contributed by atoms with Gasteiger partial charge >= 0.3 is 11.7 Å². The summed E-state index contributed by atoms with van der Waals surface area (Å²) in [5.74, 6) is 0.468. The fraction of sp³-hybridized carbons (Fsp3) is 0. The van der Waals surface area contributed by atoms with Crippen molar-refractivity contribution in [3.63, 3.8) is 0 Å². The van der Waals surface area contributed by atoms with Gasteiger partial charge in [0.15, 0.2) is 0 Å². The van der Waals surface area contributed by atoms with Gasteiger partial charge in [-0.15, -0.1) is 0 Å². The molecule has 0 saturated carbocycles. The Morgan fingerprint density at radius 3 is 2.88 bits per heavy atom. The van der Waals surface area contributed by atoms with E-state index in [0.29, 0.717) is 16.8 Å². The monoisotopic (exact) mass is 228 g/mol. The van der Waals surface area contributed by atoms with Crippen molar-refractivity contribution in [3.05, 3.63) is 53.0 Å². The van der Waals surface area contributed by atoms with Crippen LogP contribution in [0.4, 0.5) is 0 Å². The van der Waals surface area contributed by atoms with Crippen LogP contribution in [-0.4, -0.2) is 9.97 Å². The fourth-order valence-electron chi connectivity index (χ4n) is 1.51. The van der Waals surface area contributed by atoms with Gasteiger partial charge in [0, 0.05) is 12.3 Å². The molecule has 0 aliphatic carbocycles. The van der Waals surface area contributed by atoms with E-state index in [0.717, 1.165) is 0 Å². The normalized spacial score (nSPS) is 10.6. The van der Waals surface area contributed by atoms with Crippen molar-refractivity contribution in [2.75, 3.05) is 0 Å². The van der Waals surface area contributed by atoms with Gasteiger partial charge in [0.2, 0.25) is 5.88 Å². The molecule has 17 heavy (non-hydrogen) atoms. The van der Waals surface area contributed by atoms with E-state index in [9.17, 15) is 4.79 Å².